The Labute approximate surface area is 157 Å². The van der Waals surface area contributed by atoms with Gasteiger partial charge >= 0.3 is 0 Å². The fourth-order valence-corrected chi connectivity index (χ4v) is 3.38. The Kier molecular flexibility index (Phi) is 4.79. The molecular weight excluding hydrogens is 344 g/mol. The van der Waals surface area contributed by atoms with E-state index in [-0.39, 0.29) is 11.8 Å². The number of hydrogen-bond acceptors (Lipinski definition) is 5. The third-order valence-electron chi connectivity index (χ3n) is 5.24. The summed E-state index contributed by atoms with van der Waals surface area (Å²) in [6, 6.07) is 0. The summed E-state index contributed by atoms with van der Waals surface area (Å²) in [5.74, 6) is 1.34. The van der Waals surface area contributed by atoms with Gasteiger partial charge in [-0.25, -0.2) is 9.97 Å². The molecule has 1 saturated heterocycles. The predicted molar refractivity (Wildman–Crippen MR) is 103 cm³/mol. The van der Waals surface area contributed by atoms with E-state index in [2.05, 4.69) is 31.7 Å². The fourth-order valence-electron chi connectivity index (χ4n) is 3.38. The van der Waals surface area contributed by atoms with Gasteiger partial charge in [-0.3, -0.25) is 9.59 Å². The SMILES string of the molecule is C=CC(=O)N1CCN(c2cnc3[nH]cc(C(=O)NCCC4CC4)c3n2)CC1. The summed E-state index contributed by atoms with van der Waals surface area (Å²) in [6.07, 6.45) is 8.32. The summed E-state index contributed by atoms with van der Waals surface area (Å²) in [5, 5.41) is 2.98. The average molecular weight is 368 g/mol. The zero-order chi connectivity index (χ0) is 18.8. The monoisotopic (exact) mass is 368 g/mol. The van der Waals surface area contributed by atoms with E-state index in [0.717, 1.165) is 18.2 Å². The van der Waals surface area contributed by atoms with Crippen LogP contribution in [0.25, 0.3) is 11.2 Å². The number of anilines is 1. The van der Waals surface area contributed by atoms with Crippen LogP contribution in [0.15, 0.2) is 25.0 Å². The Morgan fingerprint density at radius 2 is 2.07 bits per heavy atom. The molecule has 8 nitrogen and oxygen atoms in total. The molecule has 2 amide bonds. The lowest BCUT2D eigenvalue weighted by atomic mass is 10.2. The van der Waals surface area contributed by atoms with Crippen molar-refractivity contribution in [2.75, 3.05) is 37.6 Å². The summed E-state index contributed by atoms with van der Waals surface area (Å²) < 4.78 is 0. The van der Waals surface area contributed by atoms with Crippen LogP contribution in [-0.4, -0.2) is 64.4 Å². The van der Waals surface area contributed by atoms with Gasteiger partial charge < -0.3 is 20.1 Å². The highest BCUT2D eigenvalue weighted by molar-refractivity contribution is 6.04. The number of nitrogens with one attached hydrogen (secondary N) is 2. The molecule has 2 N–H and O–H groups in total. The number of aromatic amines is 1. The van der Waals surface area contributed by atoms with E-state index in [4.69, 9.17) is 0 Å². The van der Waals surface area contributed by atoms with E-state index in [1.54, 1.807) is 17.3 Å². The minimum atomic E-state index is -0.116. The van der Waals surface area contributed by atoms with E-state index in [1.807, 2.05) is 0 Å². The van der Waals surface area contributed by atoms with E-state index in [0.29, 0.717) is 49.5 Å². The van der Waals surface area contributed by atoms with Gasteiger partial charge in [-0.15, -0.1) is 0 Å². The molecule has 3 heterocycles. The fraction of sp³-hybridized carbons (Fsp3) is 0.474. The largest absolute Gasteiger partial charge is 0.352 e. The normalized spacial score (nSPS) is 17.2. The van der Waals surface area contributed by atoms with Gasteiger partial charge in [0.25, 0.3) is 5.91 Å². The molecule has 2 fully saturated rings. The van der Waals surface area contributed by atoms with Gasteiger partial charge in [-0.2, -0.15) is 0 Å². The number of piperazine rings is 1. The van der Waals surface area contributed by atoms with Gasteiger partial charge in [-0.05, 0) is 18.4 Å². The lowest BCUT2D eigenvalue weighted by Gasteiger charge is -2.34. The quantitative estimate of drug-likeness (QED) is 0.750. The van der Waals surface area contributed by atoms with Gasteiger partial charge in [0.2, 0.25) is 5.91 Å². The molecule has 2 aliphatic rings. The summed E-state index contributed by atoms with van der Waals surface area (Å²) in [4.78, 5) is 40.2. The maximum atomic E-state index is 12.5. The van der Waals surface area contributed by atoms with Crippen LogP contribution in [0.2, 0.25) is 0 Å². The minimum absolute atomic E-state index is 0.0491. The molecule has 1 saturated carbocycles. The number of nitrogens with zero attached hydrogens (tertiary/aromatic N) is 4. The van der Waals surface area contributed by atoms with Crippen molar-refractivity contribution in [3.63, 3.8) is 0 Å². The van der Waals surface area contributed by atoms with Crippen molar-refractivity contribution >= 4 is 28.8 Å². The molecule has 0 unspecified atom stereocenters. The second-order valence-electron chi connectivity index (χ2n) is 7.13. The number of carbonyl (C=O) groups is 2. The van der Waals surface area contributed by atoms with Crippen molar-refractivity contribution in [2.24, 2.45) is 5.92 Å². The molecule has 0 spiro atoms. The molecule has 0 radical (unpaired) electrons. The van der Waals surface area contributed by atoms with Crippen molar-refractivity contribution in [1.29, 1.82) is 0 Å². The molecule has 4 rings (SSSR count). The number of hydrogen-bond donors (Lipinski definition) is 2. The minimum Gasteiger partial charge on any atom is -0.352 e. The van der Waals surface area contributed by atoms with Crippen LogP contribution in [0, 0.1) is 5.92 Å². The van der Waals surface area contributed by atoms with Crippen LogP contribution >= 0.6 is 0 Å². The molecule has 27 heavy (non-hydrogen) atoms. The topological polar surface area (TPSA) is 94.2 Å². The van der Waals surface area contributed by atoms with E-state index >= 15 is 0 Å². The highest BCUT2D eigenvalue weighted by Gasteiger charge is 2.23. The van der Waals surface area contributed by atoms with E-state index in [1.165, 1.54) is 18.9 Å². The molecule has 1 aliphatic heterocycles. The van der Waals surface area contributed by atoms with Gasteiger partial charge in [-0.1, -0.05) is 19.4 Å². The average Bonchev–Trinajstić information content (AvgIpc) is 3.43. The first-order chi connectivity index (χ1) is 13.2. The number of amides is 2. The van der Waals surface area contributed by atoms with Crippen LogP contribution in [0.4, 0.5) is 5.82 Å². The first kappa shape index (κ1) is 17.5. The van der Waals surface area contributed by atoms with E-state index in [9.17, 15) is 9.59 Å². The van der Waals surface area contributed by atoms with Gasteiger partial charge in [0, 0.05) is 38.9 Å². The van der Waals surface area contributed by atoms with Crippen molar-refractivity contribution in [2.45, 2.75) is 19.3 Å². The lowest BCUT2D eigenvalue weighted by molar-refractivity contribution is -0.126. The van der Waals surface area contributed by atoms with Crippen LogP contribution in [0.5, 0.6) is 0 Å². The first-order valence-electron chi connectivity index (χ1n) is 9.44. The number of carbonyl (C=O) groups excluding carboxylic acids is 2. The maximum Gasteiger partial charge on any atom is 0.255 e. The number of aromatic nitrogens is 3. The van der Waals surface area contributed by atoms with Crippen molar-refractivity contribution in [3.05, 3.63) is 30.6 Å². The van der Waals surface area contributed by atoms with Crippen LogP contribution in [0.1, 0.15) is 29.6 Å². The molecule has 0 aromatic carbocycles. The zero-order valence-electron chi connectivity index (χ0n) is 15.3. The highest BCUT2D eigenvalue weighted by Crippen LogP contribution is 2.31. The Bertz CT molecular complexity index is 864. The zero-order valence-corrected chi connectivity index (χ0v) is 15.3. The third kappa shape index (κ3) is 3.79. The molecule has 0 bridgehead atoms. The van der Waals surface area contributed by atoms with E-state index < -0.39 is 0 Å². The van der Waals surface area contributed by atoms with Crippen LogP contribution in [0.3, 0.4) is 0 Å². The Morgan fingerprint density at radius 3 is 2.78 bits per heavy atom. The van der Waals surface area contributed by atoms with Crippen molar-refractivity contribution in [1.82, 2.24) is 25.2 Å². The van der Waals surface area contributed by atoms with Crippen LogP contribution < -0.4 is 10.2 Å². The number of fused-ring (bicyclic) bond motifs is 1. The van der Waals surface area contributed by atoms with Gasteiger partial charge in [0.1, 0.15) is 11.3 Å². The van der Waals surface area contributed by atoms with Gasteiger partial charge in [0.15, 0.2) is 5.65 Å². The standard InChI is InChI=1S/C19H24N6O2/c1-2-16(26)25-9-7-24(8-10-25)15-12-22-18-17(23-15)14(11-21-18)19(27)20-6-5-13-3-4-13/h2,11-13H,1,3-10H2,(H,20,27)(H,21,22). The molecule has 0 atom stereocenters. The first-order valence-corrected chi connectivity index (χ1v) is 9.44. The van der Waals surface area contributed by atoms with Gasteiger partial charge in [0.05, 0.1) is 11.8 Å². The molecule has 1 aliphatic carbocycles. The molecule has 2 aromatic heterocycles. The lowest BCUT2D eigenvalue weighted by Crippen LogP contribution is -2.48. The molecular formula is C19H24N6O2. The summed E-state index contributed by atoms with van der Waals surface area (Å²) in [5.41, 5.74) is 1.71. The Morgan fingerprint density at radius 1 is 1.30 bits per heavy atom. The highest BCUT2D eigenvalue weighted by atomic mass is 16.2. The molecule has 2 aromatic rings. The summed E-state index contributed by atoms with van der Waals surface area (Å²) in [7, 11) is 0. The van der Waals surface area contributed by atoms with Crippen molar-refractivity contribution in [3.8, 4) is 0 Å². The molecule has 142 valence electrons. The van der Waals surface area contributed by atoms with Crippen molar-refractivity contribution < 1.29 is 9.59 Å². The second-order valence-corrected chi connectivity index (χ2v) is 7.13. The predicted octanol–water partition coefficient (Wildman–Crippen LogP) is 1.32. The number of rotatable bonds is 6. The Hall–Kier alpha value is -2.90. The Balaban J connectivity index is 1.46. The smallest absolute Gasteiger partial charge is 0.255 e. The third-order valence-corrected chi connectivity index (χ3v) is 5.24. The second kappa shape index (κ2) is 7.38. The van der Waals surface area contributed by atoms with Crippen LogP contribution in [-0.2, 0) is 4.79 Å². The molecule has 8 heteroatoms. The summed E-state index contributed by atoms with van der Waals surface area (Å²) >= 11 is 0. The number of H-pyrrole nitrogens is 1. The summed E-state index contributed by atoms with van der Waals surface area (Å²) in [6.45, 7) is 6.81. The maximum absolute atomic E-state index is 12.5.